The fourth-order valence-corrected chi connectivity index (χ4v) is 3.91. The summed E-state index contributed by atoms with van der Waals surface area (Å²) in [6.07, 6.45) is 2.32. The molecule has 6 nitrogen and oxygen atoms in total. The fourth-order valence-electron chi connectivity index (χ4n) is 2.03. The van der Waals surface area contributed by atoms with Gasteiger partial charge in [-0.25, -0.2) is 13.1 Å². The van der Waals surface area contributed by atoms with Gasteiger partial charge in [0.2, 0.25) is 0 Å². The van der Waals surface area contributed by atoms with Gasteiger partial charge in [-0.05, 0) is 42.2 Å². The number of aromatic nitrogens is 2. The summed E-state index contributed by atoms with van der Waals surface area (Å²) in [5.74, 6) is 0. The van der Waals surface area contributed by atoms with E-state index in [1.807, 2.05) is 23.8 Å². The largest absolute Gasteiger partial charge is 0.310 e. The molecule has 2 aromatic rings. The third-order valence-corrected chi connectivity index (χ3v) is 5.58. The average molecular weight is 326 g/mol. The van der Waals surface area contributed by atoms with Gasteiger partial charge in [-0.15, -0.1) is 0 Å². The number of H-pyrrole nitrogens is 1. The van der Waals surface area contributed by atoms with Crippen LogP contribution in [0.15, 0.2) is 21.9 Å². The molecule has 1 fully saturated rings. The van der Waals surface area contributed by atoms with E-state index >= 15 is 0 Å². The standard InChI is InChI=1S/C13H18N4O2S2/c1-9-12(7-14-11-2-3-11)13(17-16-9)21(18,19)15-6-10-4-5-20-8-10/h4-5,8,11,14-15H,2-3,6-7H2,1H3,(H,16,17). The summed E-state index contributed by atoms with van der Waals surface area (Å²) in [5, 5.41) is 14.0. The number of thiophene rings is 1. The van der Waals surface area contributed by atoms with E-state index in [1.165, 1.54) is 0 Å². The topological polar surface area (TPSA) is 86.9 Å². The lowest BCUT2D eigenvalue weighted by Crippen LogP contribution is -2.26. The first-order chi connectivity index (χ1) is 10.1. The van der Waals surface area contributed by atoms with Crippen molar-refractivity contribution in [2.75, 3.05) is 0 Å². The molecule has 0 aromatic carbocycles. The van der Waals surface area contributed by atoms with Crippen molar-refractivity contribution in [3.8, 4) is 0 Å². The molecule has 1 aliphatic rings. The van der Waals surface area contributed by atoms with E-state index in [0.717, 1.165) is 29.7 Å². The first-order valence-corrected chi connectivity index (χ1v) is 9.27. The van der Waals surface area contributed by atoms with Crippen molar-refractivity contribution in [3.63, 3.8) is 0 Å². The van der Waals surface area contributed by atoms with E-state index in [1.54, 1.807) is 11.3 Å². The minimum absolute atomic E-state index is 0.100. The highest BCUT2D eigenvalue weighted by atomic mass is 32.2. The molecule has 2 heterocycles. The molecule has 0 atom stereocenters. The van der Waals surface area contributed by atoms with Crippen LogP contribution < -0.4 is 10.0 Å². The molecule has 114 valence electrons. The number of aryl methyl sites for hydroxylation is 1. The van der Waals surface area contributed by atoms with Crippen molar-refractivity contribution in [3.05, 3.63) is 33.6 Å². The Bertz CT molecular complexity index is 703. The SMILES string of the molecule is Cc1[nH]nc(S(=O)(=O)NCc2ccsc2)c1CNC1CC1. The highest BCUT2D eigenvalue weighted by Gasteiger charge is 2.26. The number of sulfonamides is 1. The van der Waals surface area contributed by atoms with E-state index in [-0.39, 0.29) is 11.6 Å². The number of nitrogens with zero attached hydrogens (tertiary/aromatic N) is 1. The zero-order chi connectivity index (χ0) is 14.9. The predicted molar refractivity (Wildman–Crippen MR) is 81.5 cm³/mol. The maximum absolute atomic E-state index is 12.4. The first kappa shape index (κ1) is 14.7. The Labute approximate surface area is 128 Å². The van der Waals surface area contributed by atoms with E-state index < -0.39 is 10.0 Å². The average Bonchev–Trinajstić information content (AvgIpc) is 2.98. The van der Waals surface area contributed by atoms with Crippen LogP contribution in [-0.4, -0.2) is 24.7 Å². The maximum Gasteiger partial charge on any atom is 0.260 e. The lowest BCUT2D eigenvalue weighted by atomic mass is 10.2. The van der Waals surface area contributed by atoms with Crippen molar-refractivity contribution in [2.24, 2.45) is 0 Å². The molecule has 0 bridgehead atoms. The smallest absolute Gasteiger partial charge is 0.260 e. The van der Waals surface area contributed by atoms with Gasteiger partial charge in [0.25, 0.3) is 10.0 Å². The molecule has 0 saturated heterocycles. The van der Waals surface area contributed by atoms with Crippen LogP contribution >= 0.6 is 11.3 Å². The molecule has 0 amide bonds. The van der Waals surface area contributed by atoms with Gasteiger partial charge < -0.3 is 5.32 Å². The number of aromatic amines is 1. The molecule has 3 N–H and O–H groups in total. The van der Waals surface area contributed by atoms with E-state index in [4.69, 9.17) is 0 Å². The third kappa shape index (κ3) is 3.52. The molecule has 2 aromatic heterocycles. The molecular formula is C13H18N4O2S2. The summed E-state index contributed by atoms with van der Waals surface area (Å²) in [5.41, 5.74) is 2.47. The van der Waals surface area contributed by atoms with Crippen LogP contribution in [0.4, 0.5) is 0 Å². The number of hydrogen-bond donors (Lipinski definition) is 3. The van der Waals surface area contributed by atoms with Crippen molar-refractivity contribution in [2.45, 2.75) is 43.9 Å². The van der Waals surface area contributed by atoms with Crippen LogP contribution in [0, 0.1) is 6.92 Å². The van der Waals surface area contributed by atoms with Crippen molar-refractivity contribution in [1.82, 2.24) is 20.2 Å². The second-order valence-corrected chi connectivity index (χ2v) is 7.71. The van der Waals surface area contributed by atoms with E-state index in [2.05, 4.69) is 20.2 Å². The number of hydrogen-bond acceptors (Lipinski definition) is 5. The monoisotopic (exact) mass is 326 g/mol. The van der Waals surface area contributed by atoms with Crippen LogP contribution in [0.1, 0.15) is 29.7 Å². The fraction of sp³-hybridized carbons (Fsp3) is 0.462. The zero-order valence-corrected chi connectivity index (χ0v) is 13.4. The summed E-state index contributed by atoms with van der Waals surface area (Å²) < 4.78 is 27.4. The minimum Gasteiger partial charge on any atom is -0.310 e. The van der Waals surface area contributed by atoms with Crippen LogP contribution in [0.3, 0.4) is 0 Å². The van der Waals surface area contributed by atoms with Crippen molar-refractivity contribution >= 4 is 21.4 Å². The van der Waals surface area contributed by atoms with E-state index in [0.29, 0.717) is 12.6 Å². The van der Waals surface area contributed by atoms with Crippen LogP contribution in [0.25, 0.3) is 0 Å². The Balaban J connectivity index is 1.74. The Morgan fingerprint density at radius 2 is 2.24 bits per heavy atom. The first-order valence-electron chi connectivity index (χ1n) is 6.84. The number of nitrogens with one attached hydrogen (secondary N) is 3. The van der Waals surface area contributed by atoms with Gasteiger partial charge in [0.1, 0.15) is 0 Å². The van der Waals surface area contributed by atoms with Crippen LogP contribution in [0.2, 0.25) is 0 Å². The summed E-state index contributed by atoms with van der Waals surface area (Å²) >= 11 is 1.54. The summed E-state index contributed by atoms with van der Waals surface area (Å²) in [6, 6.07) is 2.42. The van der Waals surface area contributed by atoms with Crippen molar-refractivity contribution in [1.29, 1.82) is 0 Å². The Hall–Kier alpha value is -1.22. The highest BCUT2D eigenvalue weighted by Crippen LogP contribution is 2.22. The number of rotatable bonds is 7. The lowest BCUT2D eigenvalue weighted by Gasteiger charge is -2.07. The normalized spacial score (nSPS) is 15.5. The Morgan fingerprint density at radius 1 is 1.43 bits per heavy atom. The molecular weight excluding hydrogens is 308 g/mol. The molecule has 0 aliphatic heterocycles. The summed E-state index contributed by atoms with van der Waals surface area (Å²) in [7, 11) is -3.60. The second-order valence-electron chi connectivity index (χ2n) is 5.24. The minimum atomic E-state index is -3.60. The molecule has 3 rings (SSSR count). The van der Waals surface area contributed by atoms with Gasteiger partial charge in [-0.1, -0.05) is 0 Å². The van der Waals surface area contributed by atoms with Crippen molar-refractivity contribution < 1.29 is 8.42 Å². The molecule has 0 spiro atoms. The second kappa shape index (κ2) is 5.88. The summed E-state index contributed by atoms with van der Waals surface area (Å²) in [6.45, 7) is 2.66. The third-order valence-electron chi connectivity index (χ3n) is 3.48. The van der Waals surface area contributed by atoms with Gasteiger partial charge in [0, 0.05) is 30.4 Å². The molecule has 1 saturated carbocycles. The van der Waals surface area contributed by atoms with Crippen LogP contribution in [0.5, 0.6) is 0 Å². The predicted octanol–water partition coefficient (Wildman–Crippen LogP) is 1.51. The van der Waals surface area contributed by atoms with E-state index in [9.17, 15) is 8.42 Å². The Morgan fingerprint density at radius 3 is 2.90 bits per heavy atom. The molecule has 1 aliphatic carbocycles. The van der Waals surface area contributed by atoms with Gasteiger partial charge in [-0.3, -0.25) is 5.10 Å². The quantitative estimate of drug-likeness (QED) is 0.720. The molecule has 21 heavy (non-hydrogen) atoms. The Kier molecular flexibility index (Phi) is 4.12. The van der Waals surface area contributed by atoms with Gasteiger partial charge in [-0.2, -0.15) is 16.4 Å². The molecule has 0 radical (unpaired) electrons. The van der Waals surface area contributed by atoms with Gasteiger partial charge in [0.15, 0.2) is 5.03 Å². The lowest BCUT2D eigenvalue weighted by molar-refractivity contribution is 0.573. The highest BCUT2D eigenvalue weighted by molar-refractivity contribution is 7.89. The summed E-state index contributed by atoms with van der Waals surface area (Å²) in [4.78, 5) is 0. The molecule has 0 unspecified atom stereocenters. The van der Waals surface area contributed by atoms with Gasteiger partial charge >= 0.3 is 0 Å². The van der Waals surface area contributed by atoms with Gasteiger partial charge in [0.05, 0.1) is 0 Å². The maximum atomic E-state index is 12.4. The zero-order valence-electron chi connectivity index (χ0n) is 11.7. The molecule has 8 heteroatoms. The van der Waals surface area contributed by atoms with Crippen LogP contribution in [-0.2, 0) is 23.1 Å².